The van der Waals surface area contributed by atoms with Gasteiger partial charge in [-0.3, -0.25) is 14.4 Å². The van der Waals surface area contributed by atoms with Crippen LogP contribution in [0.5, 0.6) is 0 Å². The van der Waals surface area contributed by atoms with Gasteiger partial charge in [0.05, 0.1) is 0 Å². The monoisotopic (exact) mass is 666 g/mol. The predicted octanol–water partition coefficient (Wildman–Crippen LogP) is 9.98. The molecule has 4 fully saturated rings. The van der Waals surface area contributed by atoms with E-state index >= 15 is 0 Å². The summed E-state index contributed by atoms with van der Waals surface area (Å²) in [5.74, 6) is 2.97. The maximum atomic E-state index is 12.8. The van der Waals surface area contributed by atoms with Crippen LogP contribution in [-0.4, -0.2) is 35.6 Å². The van der Waals surface area contributed by atoms with Crippen LogP contribution in [0, 0.1) is 46.3 Å². The molecule has 6 heteroatoms. The number of esters is 1. The number of carboxylic acid groups (broad SMARTS) is 1. The molecule has 9 atom stereocenters. The molecule has 0 radical (unpaired) electrons. The number of hydrogen-bond acceptors (Lipinski definition) is 4. The summed E-state index contributed by atoms with van der Waals surface area (Å²) in [6.07, 6.45) is 33.6. The summed E-state index contributed by atoms with van der Waals surface area (Å²) in [7, 11) is 0. The van der Waals surface area contributed by atoms with Crippen molar-refractivity contribution in [2.75, 3.05) is 6.54 Å². The van der Waals surface area contributed by atoms with Gasteiger partial charge in [-0.15, -0.1) is 0 Å². The Balaban J connectivity index is 1.16. The fourth-order valence-electron chi connectivity index (χ4n) is 10.9. The third-order valence-corrected chi connectivity index (χ3v) is 13.5. The molecule has 0 aliphatic heterocycles. The van der Waals surface area contributed by atoms with E-state index in [1.807, 2.05) is 0 Å². The second-order valence-corrected chi connectivity index (χ2v) is 16.4. The van der Waals surface area contributed by atoms with Gasteiger partial charge in [0.2, 0.25) is 5.91 Å². The third kappa shape index (κ3) is 10.1. The highest BCUT2D eigenvalue weighted by Gasteiger charge is 2.60. The number of aliphatic carboxylic acids is 1. The quantitative estimate of drug-likeness (QED) is 0.0864. The van der Waals surface area contributed by atoms with Crippen molar-refractivity contribution in [3.8, 4) is 0 Å². The molecule has 2 N–H and O–H groups in total. The fourth-order valence-corrected chi connectivity index (χ4v) is 10.9. The number of rotatable bonds is 18. The van der Waals surface area contributed by atoms with Crippen molar-refractivity contribution in [2.45, 2.75) is 156 Å². The zero-order chi connectivity index (χ0) is 34.6. The number of hydrogen-bond donors (Lipinski definition) is 2. The molecule has 48 heavy (non-hydrogen) atoms. The smallest absolute Gasteiger partial charge is 0.322 e. The zero-order valence-electron chi connectivity index (χ0n) is 30.7. The van der Waals surface area contributed by atoms with Crippen LogP contribution in [0.15, 0.2) is 36.5 Å². The van der Waals surface area contributed by atoms with E-state index in [9.17, 15) is 14.4 Å². The van der Waals surface area contributed by atoms with Gasteiger partial charge < -0.3 is 15.2 Å². The molecule has 270 valence electrons. The molecule has 0 spiro atoms. The lowest BCUT2D eigenvalue weighted by molar-refractivity contribution is -0.162. The highest BCUT2D eigenvalue weighted by molar-refractivity contribution is 5.81. The normalized spacial score (nSPS) is 33.8. The van der Waals surface area contributed by atoms with Gasteiger partial charge in [-0.2, -0.15) is 0 Å². The zero-order valence-corrected chi connectivity index (χ0v) is 30.7. The van der Waals surface area contributed by atoms with Crippen molar-refractivity contribution in [2.24, 2.45) is 46.3 Å². The molecule has 4 aliphatic carbocycles. The van der Waals surface area contributed by atoms with Gasteiger partial charge >= 0.3 is 11.9 Å². The molecule has 0 saturated heterocycles. The van der Waals surface area contributed by atoms with Crippen LogP contribution >= 0.6 is 0 Å². The van der Waals surface area contributed by atoms with Crippen LogP contribution < -0.4 is 5.32 Å². The maximum absolute atomic E-state index is 12.8. The molecule has 4 rings (SSSR count). The lowest BCUT2D eigenvalue weighted by atomic mass is 9.44. The number of carbonyl (C=O) groups excluding carboxylic acids is 2. The Hall–Kier alpha value is -2.37. The van der Waals surface area contributed by atoms with E-state index in [1.165, 1.54) is 44.9 Å². The summed E-state index contributed by atoms with van der Waals surface area (Å²) in [5.41, 5.74) is 0.696. The summed E-state index contributed by atoms with van der Waals surface area (Å²) >= 11 is 0. The lowest BCUT2D eigenvalue weighted by Crippen LogP contribution is -2.54. The van der Waals surface area contributed by atoms with Crippen LogP contribution in [0.3, 0.4) is 0 Å². The molecule has 4 saturated carbocycles. The van der Waals surface area contributed by atoms with Crippen molar-refractivity contribution in [1.82, 2.24) is 5.32 Å². The maximum Gasteiger partial charge on any atom is 0.322 e. The van der Waals surface area contributed by atoms with Crippen molar-refractivity contribution in [1.29, 1.82) is 0 Å². The molecular formula is C42H67NO5. The Morgan fingerprint density at radius 1 is 0.833 bits per heavy atom. The Labute approximate surface area is 292 Å². The Morgan fingerprint density at radius 2 is 1.54 bits per heavy atom. The summed E-state index contributed by atoms with van der Waals surface area (Å²) in [4.78, 5) is 35.8. The average Bonchev–Trinajstić information content (AvgIpc) is 3.42. The molecule has 6 nitrogen and oxygen atoms in total. The Kier molecular flexibility index (Phi) is 14.9. The van der Waals surface area contributed by atoms with E-state index in [1.54, 1.807) is 0 Å². The Bertz CT molecular complexity index is 1140. The first-order valence-electron chi connectivity index (χ1n) is 19.7. The van der Waals surface area contributed by atoms with E-state index in [0.29, 0.717) is 41.4 Å². The second-order valence-electron chi connectivity index (χ2n) is 16.4. The van der Waals surface area contributed by atoms with Gasteiger partial charge in [-0.25, -0.2) is 0 Å². The van der Waals surface area contributed by atoms with Crippen LogP contribution in [0.4, 0.5) is 0 Å². The van der Waals surface area contributed by atoms with E-state index in [4.69, 9.17) is 9.84 Å². The third-order valence-electron chi connectivity index (χ3n) is 13.5. The molecule has 0 bridgehead atoms. The summed E-state index contributed by atoms with van der Waals surface area (Å²) < 4.78 is 6.10. The van der Waals surface area contributed by atoms with Crippen LogP contribution in [0.1, 0.15) is 150 Å². The summed E-state index contributed by atoms with van der Waals surface area (Å²) in [5, 5.41) is 11.4. The number of carbonyl (C=O) groups is 3. The minimum Gasteiger partial charge on any atom is -0.480 e. The minimum absolute atomic E-state index is 0.00834. The lowest BCUT2D eigenvalue weighted by Gasteiger charge is -2.61. The molecule has 0 aromatic carbocycles. The number of carboxylic acids is 1. The first kappa shape index (κ1) is 38.4. The van der Waals surface area contributed by atoms with Gasteiger partial charge in [0.1, 0.15) is 12.6 Å². The van der Waals surface area contributed by atoms with Crippen LogP contribution in [-0.2, 0) is 19.1 Å². The van der Waals surface area contributed by atoms with Gasteiger partial charge in [-0.1, -0.05) is 70.6 Å². The van der Waals surface area contributed by atoms with Crippen molar-refractivity contribution >= 4 is 17.8 Å². The fraction of sp³-hybridized carbons (Fsp3) is 0.786. The summed E-state index contributed by atoms with van der Waals surface area (Å²) in [6, 6.07) is 0. The van der Waals surface area contributed by atoms with E-state index in [-0.39, 0.29) is 24.5 Å². The van der Waals surface area contributed by atoms with Crippen LogP contribution in [0.2, 0.25) is 0 Å². The first-order chi connectivity index (χ1) is 23.1. The highest BCUT2D eigenvalue weighted by Crippen LogP contribution is 2.68. The molecule has 0 aromatic rings. The Morgan fingerprint density at radius 3 is 2.29 bits per heavy atom. The van der Waals surface area contributed by atoms with Gasteiger partial charge in [-0.05, 0) is 149 Å². The van der Waals surface area contributed by atoms with Gasteiger partial charge in [0.15, 0.2) is 0 Å². The molecular weight excluding hydrogens is 598 g/mol. The average molecular weight is 666 g/mol. The minimum atomic E-state index is -0.993. The molecule has 0 heterocycles. The molecule has 9 unspecified atom stereocenters. The van der Waals surface area contributed by atoms with E-state index in [2.05, 4.69) is 69.5 Å². The number of ether oxygens (including phenoxy) is 1. The standard InChI is InChI=1S/C42H67NO5/c1-5-6-7-8-9-10-11-12-13-14-15-16-17-18-40(47)48-33-25-27-41(3)32(29-33)20-21-34-36-23-22-35(42(36,4)28-26-37(34)41)31(2)19-24-38(44)43-30-39(45)46/h6-7,9-10,12-13,31-37H,5,8,11,14-30H2,1-4H3,(H,43,44)(H,45,46)/b7-6-,10-9-,13-12-. The van der Waals surface area contributed by atoms with Crippen molar-refractivity contribution in [3.63, 3.8) is 0 Å². The topological polar surface area (TPSA) is 92.7 Å². The largest absolute Gasteiger partial charge is 0.480 e. The number of fused-ring (bicyclic) bond motifs is 5. The molecule has 4 aliphatic rings. The van der Waals surface area contributed by atoms with Gasteiger partial charge in [0, 0.05) is 12.8 Å². The predicted molar refractivity (Wildman–Crippen MR) is 194 cm³/mol. The number of unbranched alkanes of at least 4 members (excludes halogenated alkanes) is 3. The number of allylic oxidation sites excluding steroid dienone is 6. The van der Waals surface area contributed by atoms with Crippen molar-refractivity contribution < 1.29 is 24.2 Å². The number of amides is 1. The van der Waals surface area contributed by atoms with Gasteiger partial charge in [0.25, 0.3) is 0 Å². The molecule has 0 aromatic heterocycles. The van der Waals surface area contributed by atoms with Crippen molar-refractivity contribution in [3.05, 3.63) is 36.5 Å². The van der Waals surface area contributed by atoms with E-state index in [0.717, 1.165) is 82.0 Å². The SMILES string of the molecule is CC/C=C\C/C=C\C/C=C\CCCCCC(=O)OC1CCC2(C)C(CCC3C2CCC2(C)C(C(C)CCC(=O)NCC(=O)O)CCC32)C1. The molecule has 1 amide bonds. The van der Waals surface area contributed by atoms with Crippen LogP contribution in [0.25, 0.3) is 0 Å². The summed E-state index contributed by atoms with van der Waals surface area (Å²) in [6.45, 7) is 9.32. The first-order valence-corrected chi connectivity index (χ1v) is 19.7. The van der Waals surface area contributed by atoms with E-state index < -0.39 is 5.97 Å². The second kappa shape index (κ2) is 18.6. The number of nitrogens with one attached hydrogen (secondary N) is 1. The highest BCUT2D eigenvalue weighted by atomic mass is 16.5.